The number of rotatable bonds is 4. The van der Waals surface area contributed by atoms with Gasteiger partial charge < -0.3 is 10.6 Å². The van der Waals surface area contributed by atoms with Crippen molar-refractivity contribution in [3.63, 3.8) is 0 Å². The first-order chi connectivity index (χ1) is 11.0. The first-order valence-corrected chi connectivity index (χ1v) is 7.58. The Labute approximate surface area is 135 Å². The number of amides is 2. The summed E-state index contributed by atoms with van der Waals surface area (Å²) < 4.78 is 0. The van der Waals surface area contributed by atoms with Crippen molar-refractivity contribution in [2.75, 3.05) is 5.32 Å². The Hall–Kier alpha value is -2.69. The molecule has 0 radical (unpaired) electrons. The topological polar surface area (TPSA) is 71.1 Å². The molecule has 0 aliphatic carbocycles. The number of hydrogen-bond donors (Lipinski definition) is 2. The van der Waals surface area contributed by atoms with E-state index in [1.54, 1.807) is 6.20 Å². The summed E-state index contributed by atoms with van der Waals surface area (Å²) in [6.45, 7) is 4.19. The Kier molecular flexibility index (Phi) is 3.86. The Morgan fingerprint density at radius 1 is 1.26 bits per heavy atom. The van der Waals surface area contributed by atoms with E-state index in [4.69, 9.17) is 0 Å². The molecule has 0 unspecified atom stereocenters. The van der Waals surface area contributed by atoms with Gasteiger partial charge in [-0.2, -0.15) is 0 Å². The van der Waals surface area contributed by atoms with Gasteiger partial charge in [-0.1, -0.05) is 18.2 Å². The summed E-state index contributed by atoms with van der Waals surface area (Å²) in [5.74, 6) is -0.0741. The molecule has 0 spiro atoms. The quantitative estimate of drug-likeness (QED) is 0.909. The van der Waals surface area contributed by atoms with E-state index in [0.29, 0.717) is 6.54 Å². The number of carbonyl (C=O) groups excluding carboxylic acids is 2. The van der Waals surface area contributed by atoms with Crippen molar-refractivity contribution in [3.8, 4) is 0 Å². The van der Waals surface area contributed by atoms with Gasteiger partial charge >= 0.3 is 0 Å². The van der Waals surface area contributed by atoms with Crippen molar-refractivity contribution >= 4 is 17.5 Å². The van der Waals surface area contributed by atoms with Crippen LogP contribution in [0, 0.1) is 0 Å². The van der Waals surface area contributed by atoms with Gasteiger partial charge in [-0.15, -0.1) is 0 Å². The number of carbonyl (C=O) groups is 2. The van der Waals surface area contributed by atoms with Gasteiger partial charge in [0.25, 0.3) is 0 Å². The summed E-state index contributed by atoms with van der Waals surface area (Å²) >= 11 is 0. The molecule has 0 bridgehead atoms. The highest BCUT2D eigenvalue weighted by molar-refractivity contribution is 6.05. The van der Waals surface area contributed by atoms with Crippen LogP contribution in [0.4, 0.5) is 5.69 Å². The number of pyridine rings is 1. The highest BCUT2D eigenvalue weighted by Crippen LogP contribution is 2.37. The van der Waals surface area contributed by atoms with Gasteiger partial charge in [0.1, 0.15) is 0 Å². The average Bonchev–Trinajstić information content (AvgIpc) is 2.76. The number of hydrogen-bond acceptors (Lipinski definition) is 3. The Balaban J connectivity index is 1.66. The molecule has 23 heavy (non-hydrogen) atoms. The van der Waals surface area contributed by atoms with E-state index < -0.39 is 5.41 Å². The predicted octanol–water partition coefficient (Wildman–Crippen LogP) is 2.17. The molecule has 2 N–H and O–H groups in total. The van der Waals surface area contributed by atoms with E-state index in [1.165, 1.54) is 0 Å². The second-order valence-corrected chi connectivity index (χ2v) is 6.23. The summed E-state index contributed by atoms with van der Waals surface area (Å²) in [6, 6.07) is 11.3. The summed E-state index contributed by atoms with van der Waals surface area (Å²) in [6.07, 6.45) is 1.98. The van der Waals surface area contributed by atoms with E-state index in [1.807, 2.05) is 50.2 Å². The Morgan fingerprint density at radius 2 is 2.09 bits per heavy atom. The average molecular weight is 309 g/mol. The third-order valence-electron chi connectivity index (χ3n) is 4.13. The van der Waals surface area contributed by atoms with Crippen LogP contribution >= 0.6 is 0 Å². The lowest BCUT2D eigenvalue weighted by atomic mass is 9.85. The molecular weight excluding hydrogens is 290 g/mol. The van der Waals surface area contributed by atoms with E-state index in [2.05, 4.69) is 15.6 Å². The van der Waals surface area contributed by atoms with Crippen molar-refractivity contribution in [3.05, 3.63) is 59.4 Å². The minimum absolute atomic E-state index is 0.00995. The molecule has 0 atom stereocenters. The molecular formula is C18H19N3O2. The Bertz CT molecular complexity index is 754. The number of nitrogens with one attached hydrogen (secondary N) is 2. The maximum Gasteiger partial charge on any atom is 0.234 e. The highest BCUT2D eigenvalue weighted by atomic mass is 16.2. The predicted molar refractivity (Wildman–Crippen MR) is 87.9 cm³/mol. The fourth-order valence-electron chi connectivity index (χ4n) is 2.67. The van der Waals surface area contributed by atoms with Crippen LogP contribution in [0.25, 0.3) is 0 Å². The van der Waals surface area contributed by atoms with Crippen LogP contribution in [0.1, 0.15) is 30.7 Å². The van der Waals surface area contributed by atoms with Crippen LogP contribution in [0.3, 0.4) is 0 Å². The fraction of sp³-hybridized carbons (Fsp3) is 0.278. The minimum atomic E-state index is -0.560. The van der Waals surface area contributed by atoms with Gasteiger partial charge in [0.2, 0.25) is 11.8 Å². The van der Waals surface area contributed by atoms with E-state index in [9.17, 15) is 9.59 Å². The number of benzene rings is 1. The number of aromatic nitrogens is 1. The second kappa shape index (κ2) is 5.83. The lowest BCUT2D eigenvalue weighted by Gasteiger charge is -2.15. The first-order valence-electron chi connectivity index (χ1n) is 7.58. The molecule has 5 heteroatoms. The molecule has 0 saturated heterocycles. The van der Waals surface area contributed by atoms with Crippen LogP contribution in [-0.2, 0) is 28.0 Å². The van der Waals surface area contributed by atoms with Gasteiger partial charge in [-0.25, -0.2) is 0 Å². The van der Waals surface area contributed by atoms with Gasteiger partial charge in [0.05, 0.1) is 24.1 Å². The minimum Gasteiger partial charge on any atom is -0.350 e. The molecule has 2 aromatic rings. The molecule has 1 aliphatic heterocycles. The van der Waals surface area contributed by atoms with Crippen molar-refractivity contribution in [2.24, 2.45) is 0 Å². The Morgan fingerprint density at radius 3 is 2.83 bits per heavy atom. The number of anilines is 1. The molecule has 2 heterocycles. The van der Waals surface area contributed by atoms with E-state index in [0.717, 1.165) is 22.5 Å². The molecule has 1 aliphatic rings. The zero-order chi connectivity index (χ0) is 16.4. The smallest absolute Gasteiger partial charge is 0.234 e. The summed E-state index contributed by atoms with van der Waals surface area (Å²) in [4.78, 5) is 28.2. The molecule has 118 valence electrons. The van der Waals surface area contributed by atoms with E-state index >= 15 is 0 Å². The molecule has 2 amide bonds. The van der Waals surface area contributed by atoms with Crippen LogP contribution in [0.5, 0.6) is 0 Å². The van der Waals surface area contributed by atoms with Crippen LogP contribution < -0.4 is 10.6 Å². The largest absolute Gasteiger partial charge is 0.350 e. The lowest BCUT2D eigenvalue weighted by molar-refractivity contribution is -0.121. The second-order valence-electron chi connectivity index (χ2n) is 6.23. The van der Waals surface area contributed by atoms with Crippen molar-refractivity contribution < 1.29 is 9.59 Å². The van der Waals surface area contributed by atoms with Crippen molar-refractivity contribution in [1.29, 1.82) is 0 Å². The monoisotopic (exact) mass is 309 g/mol. The maximum atomic E-state index is 12.1. The number of nitrogens with zero attached hydrogens (tertiary/aromatic N) is 1. The summed E-state index contributed by atoms with van der Waals surface area (Å²) in [5.41, 5.74) is 2.93. The van der Waals surface area contributed by atoms with Crippen molar-refractivity contribution in [2.45, 2.75) is 32.2 Å². The van der Waals surface area contributed by atoms with Crippen molar-refractivity contribution in [1.82, 2.24) is 10.3 Å². The van der Waals surface area contributed by atoms with E-state index in [-0.39, 0.29) is 18.2 Å². The standard InChI is InChI=1S/C18H19N3O2/c1-18(2)14-9-12(6-7-15(14)21-17(18)23)10-16(22)20-11-13-5-3-4-8-19-13/h3-9H,10-11H2,1-2H3,(H,20,22)(H,21,23). The molecule has 0 fully saturated rings. The summed E-state index contributed by atoms with van der Waals surface area (Å²) in [7, 11) is 0. The third kappa shape index (κ3) is 3.08. The molecule has 1 aromatic carbocycles. The normalized spacial score (nSPS) is 15.0. The fourth-order valence-corrected chi connectivity index (χ4v) is 2.67. The first kappa shape index (κ1) is 15.2. The van der Waals surface area contributed by atoms with Gasteiger partial charge in [-0.3, -0.25) is 14.6 Å². The molecule has 3 rings (SSSR count). The number of fused-ring (bicyclic) bond motifs is 1. The highest BCUT2D eigenvalue weighted by Gasteiger charge is 2.38. The third-order valence-corrected chi connectivity index (χ3v) is 4.13. The molecule has 0 saturated carbocycles. The van der Waals surface area contributed by atoms with Crippen LogP contribution in [0.2, 0.25) is 0 Å². The lowest BCUT2D eigenvalue weighted by Crippen LogP contribution is -2.27. The van der Waals surface area contributed by atoms with Crippen LogP contribution in [-0.4, -0.2) is 16.8 Å². The maximum absolute atomic E-state index is 12.1. The zero-order valence-electron chi connectivity index (χ0n) is 13.2. The van der Waals surface area contributed by atoms with Crippen LogP contribution in [0.15, 0.2) is 42.6 Å². The van der Waals surface area contributed by atoms with Gasteiger partial charge in [0.15, 0.2) is 0 Å². The molecule has 5 nitrogen and oxygen atoms in total. The summed E-state index contributed by atoms with van der Waals surface area (Å²) in [5, 5.41) is 5.73. The SMILES string of the molecule is CC1(C)C(=O)Nc2ccc(CC(=O)NCc3ccccn3)cc21. The molecule has 1 aromatic heterocycles. The van der Waals surface area contributed by atoms with Gasteiger partial charge in [0, 0.05) is 11.9 Å². The zero-order valence-corrected chi connectivity index (χ0v) is 13.2. The van der Waals surface area contributed by atoms with Gasteiger partial charge in [-0.05, 0) is 43.2 Å².